The van der Waals surface area contributed by atoms with Crippen molar-refractivity contribution in [2.45, 2.75) is 24.6 Å². The SMILES string of the molecule is Cc1cc(-c2noc(CO)c2-c2cc(F)c(S(C)(=O)=O)c(F)c2)ccc1C(F)(F)F. The van der Waals surface area contributed by atoms with E-state index in [0.29, 0.717) is 6.26 Å². The van der Waals surface area contributed by atoms with Gasteiger partial charge in [-0.2, -0.15) is 13.2 Å². The van der Waals surface area contributed by atoms with Crippen molar-refractivity contribution in [2.75, 3.05) is 6.26 Å². The molecule has 0 bridgehead atoms. The lowest BCUT2D eigenvalue weighted by molar-refractivity contribution is -0.138. The molecule has 0 atom stereocenters. The summed E-state index contributed by atoms with van der Waals surface area (Å²) >= 11 is 0. The normalized spacial score (nSPS) is 12.4. The molecule has 0 radical (unpaired) electrons. The molecule has 0 fully saturated rings. The summed E-state index contributed by atoms with van der Waals surface area (Å²) in [7, 11) is -4.20. The minimum atomic E-state index is -4.57. The van der Waals surface area contributed by atoms with Gasteiger partial charge in [0.05, 0.1) is 11.1 Å². The highest BCUT2D eigenvalue weighted by molar-refractivity contribution is 7.90. The molecular weight excluding hydrogens is 433 g/mol. The Morgan fingerprint density at radius 3 is 2.13 bits per heavy atom. The van der Waals surface area contributed by atoms with Crippen molar-refractivity contribution < 1.29 is 40.0 Å². The summed E-state index contributed by atoms with van der Waals surface area (Å²) in [6.07, 6.45) is -3.93. The van der Waals surface area contributed by atoms with Crippen LogP contribution in [0.25, 0.3) is 22.4 Å². The summed E-state index contributed by atoms with van der Waals surface area (Å²) in [6.45, 7) is 0.512. The van der Waals surface area contributed by atoms with Crippen LogP contribution in [-0.2, 0) is 22.6 Å². The van der Waals surface area contributed by atoms with E-state index < -0.39 is 44.7 Å². The van der Waals surface area contributed by atoms with E-state index in [4.69, 9.17) is 4.52 Å². The van der Waals surface area contributed by atoms with Crippen LogP contribution in [0.5, 0.6) is 0 Å². The first-order valence-corrected chi connectivity index (χ1v) is 10.2. The lowest BCUT2D eigenvalue weighted by Gasteiger charge is -2.12. The molecule has 3 rings (SSSR count). The number of sulfone groups is 1. The molecule has 1 heterocycles. The van der Waals surface area contributed by atoms with Crippen LogP contribution in [0.15, 0.2) is 39.8 Å². The van der Waals surface area contributed by atoms with Crippen LogP contribution in [0.2, 0.25) is 0 Å². The van der Waals surface area contributed by atoms with Gasteiger partial charge >= 0.3 is 6.18 Å². The van der Waals surface area contributed by atoms with Crippen molar-refractivity contribution in [1.82, 2.24) is 5.16 Å². The Hall–Kier alpha value is -2.79. The van der Waals surface area contributed by atoms with E-state index in [9.17, 15) is 35.5 Å². The zero-order valence-electron chi connectivity index (χ0n) is 15.5. The molecule has 1 aromatic heterocycles. The van der Waals surface area contributed by atoms with Crippen LogP contribution in [0, 0.1) is 18.6 Å². The molecule has 0 amide bonds. The predicted molar refractivity (Wildman–Crippen MR) is 96.1 cm³/mol. The Kier molecular flexibility index (Phi) is 5.46. The van der Waals surface area contributed by atoms with Gasteiger partial charge in [0.25, 0.3) is 0 Å². The minimum Gasteiger partial charge on any atom is -0.388 e. The van der Waals surface area contributed by atoms with E-state index in [1.807, 2.05) is 0 Å². The highest BCUT2D eigenvalue weighted by Gasteiger charge is 2.33. The van der Waals surface area contributed by atoms with E-state index in [-0.39, 0.29) is 33.7 Å². The van der Waals surface area contributed by atoms with E-state index in [2.05, 4.69) is 5.16 Å². The van der Waals surface area contributed by atoms with Crippen molar-refractivity contribution in [2.24, 2.45) is 0 Å². The lowest BCUT2D eigenvalue weighted by atomic mass is 9.96. The van der Waals surface area contributed by atoms with Gasteiger partial charge in [0, 0.05) is 11.8 Å². The van der Waals surface area contributed by atoms with E-state index in [1.165, 1.54) is 13.0 Å². The largest absolute Gasteiger partial charge is 0.416 e. The minimum absolute atomic E-state index is 0.0678. The van der Waals surface area contributed by atoms with Crippen LogP contribution >= 0.6 is 0 Å². The number of alkyl halides is 3. The van der Waals surface area contributed by atoms with E-state index in [1.54, 1.807) is 0 Å². The van der Waals surface area contributed by atoms with Gasteiger partial charge in [-0.15, -0.1) is 0 Å². The number of aliphatic hydroxyl groups is 1. The summed E-state index contributed by atoms with van der Waals surface area (Å²) in [6, 6.07) is 4.56. The fourth-order valence-electron chi connectivity index (χ4n) is 3.11. The van der Waals surface area contributed by atoms with Crippen molar-refractivity contribution in [3.63, 3.8) is 0 Å². The number of aromatic nitrogens is 1. The second-order valence-electron chi connectivity index (χ2n) is 6.56. The van der Waals surface area contributed by atoms with Gasteiger partial charge in [0.1, 0.15) is 28.8 Å². The molecule has 3 aromatic rings. The molecule has 0 saturated carbocycles. The molecule has 5 nitrogen and oxygen atoms in total. The maximum Gasteiger partial charge on any atom is 0.416 e. The number of aryl methyl sites for hydroxylation is 1. The van der Waals surface area contributed by atoms with Crippen molar-refractivity contribution in [3.8, 4) is 22.4 Å². The third-order valence-electron chi connectivity index (χ3n) is 4.37. The summed E-state index contributed by atoms with van der Waals surface area (Å²) in [5.74, 6) is -2.94. The van der Waals surface area contributed by atoms with Crippen LogP contribution in [0.4, 0.5) is 22.0 Å². The van der Waals surface area contributed by atoms with E-state index in [0.717, 1.165) is 24.3 Å². The molecule has 0 saturated heterocycles. The highest BCUT2D eigenvalue weighted by atomic mass is 32.2. The zero-order chi connectivity index (χ0) is 22.4. The predicted octanol–water partition coefficient (Wildman–Crippen LogP) is 4.51. The number of halogens is 5. The third kappa shape index (κ3) is 3.94. The van der Waals surface area contributed by atoms with Gasteiger partial charge in [-0.25, -0.2) is 17.2 Å². The highest BCUT2D eigenvalue weighted by Crippen LogP contribution is 2.39. The monoisotopic (exact) mass is 447 g/mol. The van der Waals surface area contributed by atoms with Crippen LogP contribution < -0.4 is 0 Å². The van der Waals surface area contributed by atoms with Gasteiger partial charge in [-0.3, -0.25) is 0 Å². The Morgan fingerprint density at radius 2 is 1.67 bits per heavy atom. The molecule has 0 spiro atoms. The number of benzene rings is 2. The summed E-state index contributed by atoms with van der Waals surface area (Å²) in [5.41, 5.74) is -1.18. The topological polar surface area (TPSA) is 80.4 Å². The first kappa shape index (κ1) is 21.9. The number of hydrogen-bond donors (Lipinski definition) is 1. The number of nitrogens with zero attached hydrogens (tertiary/aromatic N) is 1. The maximum atomic E-state index is 14.4. The second kappa shape index (κ2) is 7.47. The van der Waals surface area contributed by atoms with Crippen LogP contribution in [-0.4, -0.2) is 24.9 Å². The first-order valence-electron chi connectivity index (χ1n) is 8.31. The third-order valence-corrected chi connectivity index (χ3v) is 5.50. The quantitative estimate of drug-likeness (QED) is 0.596. The number of hydrogen-bond acceptors (Lipinski definition) is 5. The smallest absolute Gasteiger partial charge is 0.388 e. The van der Waals surface area contributed by atoms with Gasteiger partial charge in [-0.1, -0.05) is 11.2 Å². The van der Waals surface area contributed by atoms with Crippen LogP contribution in [0.1, 0.15) is 16.9 Å². The standard InChI is InChI=1S/C19H14F5NO4S/c1-9-5-10(3-4-12(9)19(22,23)24)17-16(15(8-26)29-25-17)11-6-13(20)18(14(21)7-11)30(2,27)28/h3-7,26H,8H2,1-2H3. The Balaban J connectivity index is 2.22. The lowest BCUT2D eigenvalue weighted by Crippen LogP contribution is -2.07. The molecule has 2 aromatic carbocycles. The van der Waals surface area contributed by atoms with Gasteiger partial charge in [0.15, 0.2) is 15.6 Å². The Labute approximate surface area is 167 Å². The Bertz CT molecular complexity index is 1210. The zero-order valence-corrected chi connectivity index (χ0v) is 16.3. The molecule has 1 N–H and O–H groups in total. The summed E-state index contributed by atoms with van der Waals surface area (Å²) in [4.78, 5) is -1.12. The van der Waals surface area contributed by atoms with Crippen LogP contribution in [0.3, 0.4) is 0 Å². The maximum absolute atomic E-state index is 14.4. The summed E-state index contributed by atoms with van der Waals surface area (Å²) < 4.78 is 95.9. The molecule has 0 unspecified atom stereocenters. The first-order chi connectivity index (χ1) is 13.8. The van der Waals surface area contributed by atoms with E-state index >= 15 is 0 Å². The average Bonchev–Trinajstić information content (AvgIpc) is 3.02. The van der Waals surface area contributed by atoms with Crippen molar-refractivity contribution in [1.29, 1.82) is 0 Å². The summed E-state index contributed by atoms with van der Waals surface area (Å²) in [5, 5.41) is 13.2. The molecule has 0 aliphatic rings. The Morgan fingerprint density at radius 1 is 1.07 bits per heavy atom. The van der Waals surface area contributed by atoms with Gasteiger partial charge in [-0.05, 0) is 42.3 Å². The van der Waals surface area contributed by atoms with Gasteiger partial charge in [0.2, 0.25) is 0 Å². The van der Waals surface area contributed by atoms with Crippen molar-refractivity contribution in [3.05, 3.63) is 58.9 Å². The molecule has 0 aliphatic heterocycles. The number of aliphatic hydroxyl groups excluding tert-OH is 1. The molecule has 11 heteroatoms. The average molecular weight is 447 g/mol. The molecular formula is C19H14F5NO4S. The van der Waals surface area contributed by atoms with Crippen molar-refractivity contribution >= 4 is 9.84 Å². The number of rotatable bonds is 4. The van der Waals surface area contributed by atoms with Gasteiger partial charge < -0.3 is 9.63 Å². The molecule has 30 heavy (non-hydrogen) atoms. The molecule has 160 valence electrons. The fourth-order valence-corrected chi connectivity index (χ4v) is 3.94. The fraction of sp³-hybridized carbons (Fsp3) is 0.211. The molecule has 0 aliphatic carbocycles. The second-order valence-corrected chi connectivity index (χ2v) is 8.51.